The van der Waals surface area contributed by atoms with Crippen molar-refractivity contribution >= 4 is 21.6 Å². The minimum absolute atomic E-state index is 0.263. The minimum atomic E-state index is -0.672. The lowest BCUT2D eigenvalue weighted by Crippen LogP contribution is -2.13. The molecule has 2 nitrogen and oxygen atoms in total. The second kappa shape index (κ2) is 7.05. The summed E-state index contributed by atoms with van der Waals surface area (Å²) in [6, 6.07) is 12.7. The van der Waals surface area contributed by atoms with E-state index in [0.29, 0.717) is 16.1 Å². The molecule has 0 saturated carbocycles. The van der Waals surface area contributed by atoms with Gasteiger partial charge in [0, 0.05) is 11.0 Å². The Morgan fingerprint density at radius 2 is 1.71 bits per heavy atom. The first-order valence-electron chi connectivity index (χ1n) is 6.94. The molecule has 0 spiro atoms. The highest BCUT2D eigenvalue weighted by Crippen LogP contribution is 2.22. The summed E-state index contributed by atoms with van der Waals surface area (Å²) >= 11 is 3.21. The Labute approximate surface area is 133 Å². The number of hydrogen-bond acceptors (Lipinski definition) is 2. The summed E-state index contributed by atoms with van der Waals surface area (Å²) in [6.45, 7) is 4.52. The van der Waals surface area contributed by atoms with Crippen molar-refractivity contribution in [3.8, 4) is 0 Å². The normalized spacial score (nSPS) is 12.5. The Morgan fingerprint density at radius 3 is 2.29 bits per heavy atom. The largest absolute Gasteiger partial charge is 0.387 e. The zero-order valence-corrected chi connectivity index (χ0v) is 13.7. The number of hydrogen-bond donors (Lipinski definition) is 2. The van der Waals surface area contributed by atoms with Crippen LogP contribution in [0.1, 0.15) is 37.0 Å². The van der Waals surface area contributed by atoms with Crippen LogP contribution in [0.25, 0.3) is 0 Å². The predicted octanol–water partition coefficient (Wildman–Crippen LogP) is 4.86. The molecule has 1 atom stereocenters. The third-order valence-corrected chi connectivity index (χ3v) is 3.90. The molecule has 2 aromatic rings. The smallest absolute Gasteiger partial charge is 0.147 e. The van der Waals surface area contributed by atoms with E-state index < -0.39 is 6.10 Å². The number of halogens is 2. The van der Waals surface area contributed by atoms with E-state index in [0.717, 1.165) is 5.56 Å². The van der Waals surface area contributed by atoms with Crippen molar-refractivity contribution in [2.45, 2.75) is 25.9 Å². The van der Waals surface area contributed by atoms with Crippen LogP contribution in [0.4, 0.5) is 10.1 Å². The quantitative estimate of drug-likeness (QED) is 0.806. The van der Waals surface area contributed by atoms with Gasteiger partial charge in [0.2, 0.25) is 0 Å². The van der Waals surface area contributed by atoms with E-state index in [4.69, 9.17) is 0 Å². The summed E-state index contributed by atoms with van der Waals surface area (Å²) in [6.07, 6.45) is -0.672. The number of benzene rings is 2. The van der Waals surface area contributed by atoms with Crippen molar-refractivity contribution in [2.24, 2.45) is 0 Å². The monoisotopic (exact) mass is 351 g/mol. The van der Waals surface area contributed by atoms with Gasteiger partial charge in [-0.1, -0.05) is 54.0 Å². The van der Waals surface area contributed by atoms with Crippen molar-refractivity contribution in [3.63, 3.8) is 0 Å². The molecule has 0 aromatic heterocycles. The summed E-state index contributed by atoms with van der Waals surface area (Å²) < 4.78 is 14.4. The fourth-order valence-electron chi connectivity index (χ4n) is 2.06. The summed E-state index contributed by atoms with van der Waals surface area (Å²) in [5.41, 5.74) is 2.44. The molecule has 0 radical (unpaired) electrons. The number of nitrogens with one attached hydrogen (secondary N) is 1. The summed E-state index contributed by atoms with van der Waals surface area (Å²) in [5.74, 6) is 0.123. The molecule has 2 N–H and O–H groups in total. The van der Waals surface area contributed by atoms with Gasteiger partial charge in [-0.2, -0.15) is 0 Å². The van der Waals surface area contributed by atoms with Crippen LogP contribution in [0, 0.1) is 5.82 Å². The Hall–Kier alpha value is -1.39. The minimum Gasteiger partial charge on any atom is -0.387 e. The Bertz CT molecular complexity index is 598. The Balaban J connectivity index is 1.99. The van der Waals surface area contributed by atoms with Crippen LogP contribution in [-0.4, -0.2) is 11.7 Å². The number of aliphatic hydroxyl groups excluding tert-OH is 1. The Morgan fingerprint density at radius 1 is 1.10 bits per heavy atom. The van der Waals surface area contributed by atoms with Crippen LogP contribution in [0.2, 0.25) is 0 Å². The van der Waals surface area contributed by atoms with Crippen molar-refractivity contribution in [1.82, 2.24) is 0 Å². The Kier molecular flexibility index (Phi) is 5.37. The van der Waals surface area contributed by atoms with Crippen LogP contribution in [0.5, 0.6) is 0 Å². The highest BCUT2D eigenvalue weighted by atomic mass is 79.9. The fraction of sp³-hybridized carbons (Fsp3) is 0.294. The van der Waals surface area contributed by atoms with Gasteiger partial charge in [0.25, 0.3) is 0 Å². The van der Waals surface area contributed by atoms with E-state index >= 15 is 0 Å². The zero-order chi connectivity index (χ0) is 15.4. The van der Waals surface area contributed by atoms with Gasteiger partial charge in [-0.3, -0.25) is 0 Å². The predicted molar refractivity (Wildman–Crippen MR) is 88.1 cm³/mol. The lowest BCUT2D eigenvalue weighted by Gasteiger charge is -2.15. The van der Waals surface area contributed by atoms with Gasteiger partial charge < -0.3 is 10.4 Å². The van der Waals surface area contributed by atoms with E-state index in [1.807, 2.05) is 24.3 Å². The summed E-state index contributed by atoms with van der Waals surface area (Å²) in [4.78, 5) is 0. The van der Waals surface area contributed by atoms with Crippen LogP contribution in [0.15, 0.2) is 46.9 Å². The number of aliphatic hydroxyl groups is 1. The van der Waals surface area contributed by atoms with E-state index in [1.165, 1.54) is 11.6 Å². The average molecular weight is 352 g/mol. The molecule has 1 unspecified atom stereocenters. The zero-order valence-electron chi connectivity index (χ0n) is 12.1. The third kappa shape index (κ3) is 4.29. The van der Waals surface area contributed by atoms with Gasteiger partial charge >= 0.3 is 0 Å². The first kappa shape index (κ1) is 16.0. The fourth-order valence-corrected chi connectivity index (χ4v) is 2.39. The SMILES string of the molecule is CC(C)c1ccc(C(O)CNc2ccc(Br)cc2F)cc1. The van der Waals surface area contributed by atoms with Gasteiger partial charge in [-0.25, -0.2) is 4.39 Å². The molecule has 112 valence electrons. The third-order valence-electron chi connectivity index (χ3n) is 3.40. The molecule has 0 aliphatic carbocycles. The second-order valence-corrected chi connectivity index (χ2v) is 6.26. The van der Waals surface area contributed by atoms with Crippen LogP contribution < -0.4 is 5.32 Å². The van der Waals surface area contributed by atoms with Crippen molar-refractivity contribution in [2.75, 3.05) is 11.9 Å². The highest BCUT2D eigenvalue weighted by molar-refractivity contribution is 9.10. The molecular weight excluding hydrogens is 333 g/mol. The lowest BCUT2D eigenvalue weighted by molar-refractivity contribution is 0.191. The van der Waals surface area contributed by atoms with Gasteiger partial charge in [-0.05, 0) is 35.2 Å². The van der Waals surface area contributed by atoms with E-state index in [9.17, 15) is 9.50 Å². The average Bonchev–Trinajstić information content (AvgIpc) is 2.46. The van der Waals surface area contributed by atoms with Crippen molar-refractivity contribution in [3.05, 3.63) is 63.9 Å². The topological polar surface area (TPSA) is 32.3 Å². The molecular formula is C17H19BrFNO. The maximum Gasteiger partial charge on any atom is 0.147 e. The first-order chi connectivity index (χ1) is 9.97. The standard InChI is InChI=1S/C17H19BrFNO/c1-11(2)12-3-5-13(6-4-12)17(21)10-20-16-8-7-14(18)9-15(16)19/h3-9,11,17,20-21H,10H2,1-2H3. The van der Waals surface area contributed by atoms with E-state index in [2.05, 4.69) is 35.1 Å². The van der Waals surface area contributed by atoms with Gasteiger partial charge in [0.1, 0.15) is 5.82 Å². The molecule has 0 aliphatic heterocycles. The highest BCUT2D eigenvalue weighted by Gasteiger charge is 2.10. The number of rotatable bonds is 5. The van der Waals surface area contributed by atoms with Gasteiger partial charge in [0.05, 0.1) is 11.8 Å². The lowest BCUT2D eigenvalue weighted by atomic mass is 10.00. The maximum absolute atomic E-state index is 13.7. The van der Waals surface area contributed by atoms with Gasteiger partial charge in [0.15, 0.2) is 0 Å². The number of anilines is 1. The van der Waals surface area contributed by atoms with Crippen molar-refractivity contribution in [1.29, 1.82) is 0 Å². The van der Waals surface area contributed by atoms with Crippen LogP contribution in [-0.2, 0) is 0 Å². The molecule has 0 aliphatic rings. The molecule has 0 saturated heterocycles. The van der Waals surface area contributed by atoms with Crippen LogP contribution in [0.3, 0.4) is 0 Å². The maximum atomic E-state index is 13.7. The summed E-state index contributed by atoms with van der Waals surface area (Å²) in [7, 11) is 0. The van der Waals surface area contributed by atoms with Crippen molar-refractivity contribution < 1.29 is 9.50 Å². The van der Waals surface area contributed by atoms with E-state index in [-0.39, 0.29) is 12.4 Å². The molecule has 2 rings (SSSR count). The molecule has 4 heteroatoms. The van der Waals surface area contributed by atoms with Crippen LogP contribution >= 0.6 is 15.9 Å². The molecule has 0 fully saturated rings. The second-order valence-electron chi connectivity index (χ2n) is 5.34. The first-order valence-corrected chi connectivity index (χ1v) is 7.73. The molecule has 0 amide bonds. The molecule has 0 heterocycles. The molecule has 21 heavy (non-hydrogen) atoms. The van der Waals surface area contributed by atoms with E-state index in [1.54, 1.807) is 12.1 Å². The van der Waals surface area contributed by atoms with Gasteiger partial charge in [-0.15, -0.1) is 0 Å². The molecule has 2 aromatic carbocycles. The molecule has 0 bridgehead atoms. The summed E-state index contributed by atoms with van der Waals surface area (Å²) in [5, 5.41) is 13.1.